The van der Waals surface area contributed by atoms with E-state index in [-0.39, 0.29) is 0 Å². The number of nitrogens with zero attached hydrogens (tertiary/aromatic N) is 1. The number of ether oxygens (including phenoxy) is 1. The smallest absolute Gasteiger partial charge is 0.151 e. The molecule has 2 aromatic rings. The number of rotatable bonds is 4. The van der Waals surface area contributed by atoms with Crippen LogP contribution >= 0.6 is 0 Å². The lowest BCUT2D eigenvalue weighted by Gasteiger charge is -2.11. The van der Waals surface area contributed by atoms with Crippen LogP contribution in [-0.4, -0.2) is 18.0 Å². The number of methoxy groups -OCH3 is 1. The third-order valence-electron chi connectivity index (χ3n) is 3.08. The SMILES string of the molecule is COCc1cccc(-n2c(C)cc(C=O)c2C)c1. The Hall–Kier alpha value is -1.87. The molecule has 3 nitrogen and oxygen atoms in total. The molecule has 1 aromatic carbocycles. The summed E-state index contributed by atoms with van der Waals surface area (Å²) in [6.07, 6.45) is 0.901. The molecule has 0 aliphatic rings. The molecule has 2 rings (SSSR count). The Balaban J connectivity index is 2.51. The average molecular weight is 243 g/mol. The van der Waals surface area contributed by atoms with E-state index in [2.05, 4.69) is 10.6 Å². The van der Waals surface area contributed by atoms with Gasteiger partial charge in [-0.3, -0.25) is 4.79 Å². The van der Waals surface area contributed by atoms with Crippen LogP contribution in [0.15, 0.2) is 30.3 Å². The van der Waals surface area contributed by atoms with E-state index in [0.717, 1.165) is 34.5 Å². The zero-order valence-electron chi connectivity index (χ0n) is 10.9. The first-order valence-electron chi connectivity index (χ1n) is 5.89. The molecule has 1 aromatic heterocycles. The monoisotopic (exact) mass is 243 g/mol. The Morgan fingerprint density at radius 1 is 1.28 bits per heavy atom. The van der Waals surface area contributed by atoms with Crippen molar-refractivity contribution >= 4 is 6.29 Å². The van der Waals surface area contributed by atoms with Gasteiger partial charge in [0.2, 0.25) is 0 Å². The van der Waals surface area contributed by atoms with Gasteiger partial charge in [0.15, 0.2) is 6.29 Å². The van der Waals surface area contributed by atoms with Crippen LogP contribution in [0.3, 0.4) is 0 Å². The maximum absolute atomic E-state index is 11.0. The second-order valence-corrected chi connectivity index (χ2v) is 4.38. The van der Waals surface area contributed by atoms with Crippen molar-refractivity contribution in [3.05, 3.63) is 52.8 Å². The lowest BCUT2D eigenvalue weighted by Crippen LogP contribution is -2.00. The average Bonchev–Trinajstić information content (AvgIpc) is 2.65. The molecule has 0 amide bonds. The number of hydrogen-bond donors (Lipinski definition) is 0. The van der Waals surface area contributed by atoms with E-state index in [1.54, 1.807) is 7.11 Å². The third-order valence-corrected chi connectivity index (χ3v) is 3.08. The lowest BCUT2D eigenvalue weighted by molar-refractivity contribution is 0.112. The number of aromatic nitrogens is 1. The van der Waals surface area contributed by atoms with E-state index >= 15 is 0 Å². The van der Waals surface area contributed by atoms with Gasteiger partial charge in [-0.25, -0.2) is 0 Å². The zero-order valence-corrected chi connectivity index (χ0v) is 10.9. The summed E-state index contributed by atoms with van der Waals surface area (Å²) in [5.74, 6) is 0. The normalized spacial score (nSPS) is 10.6. The third kappa shape index (κ3) is 2.22. The van der Waals surface area contributed by atoms with Gasteiger partial charge in [-0.1, -0.05) is 12.1 Å². The number of carbonyl (C=O) groups excluding carboxylic acids is 1. The molecule has 0 fully saturated rings. The summed E-state index contributed by atoms with van der Waals surface area (Å²) in [4.78, 5) is 11.0. The first kappa shape index (κ1) is 12.6. The maximum Gasteiger partial charge on any atom is 0.151 e. The number of aryl methyl sites for hydroxylation is 1. The quantitative estimate of drug-likeness (QED) is 0.773. The molecule has 0 atom stereocenters. The Labute approximate surface area is 107 Å². The zero-order chi connectivity index (χ0) is 13.1. The Morgan fingerprint density at radius 3 is 2.67 bits per heavy atom. The molecule has 0 aliphatic carbocycles. The van der Waals surface area contributed by atoms with Gasteiger partial charge in [0.25, 0.3) is 0 Å². The number of aldehydes is 1. The summed E-state index contributed by atoms with van der Waals surface area (Å²) in [7, 11) is 1.68. The molecule has 0 aliphatic heterocycles. The highest BCUT2D eigenvalue weighted by Gasteiger charge is 2.10. The van der Waals surface area contributed by atoms with Crippen LogP contribution in [0.2, 0.25) is 0 Å². The van der Waals surface area contributed by atoms with Crippen LogP contribution in [0.5, 0.6) is 0 Å². The summed E-state index contributed by atoms with van der Waals surface area (Å²) >= 11 is 0. The van der Waals surface area contributed by atoms with Gasteiger partial charge >= 0.3 is 0 Å². The van der Waals surface area contributed by atoms with E-state index < -0.39 is 0 Å². The van der Waals surface area contributed by atoms with Crippen LogP contribution in [0.1, 0.15) is 27.3 Å². The lowest BCUT2D eigenvalue weighted by atomic mass is 10.2. The van der Waals surface area contributed by atoms with Gasteiger partial charge < -0.3 is 9.30 Å². The van der Waals surface area contributed by atoms with E-state index in [9.17, 15) is 4.79 Å². The van der Waals surface area contributed by atoms with Crippen LogP contribution in [0.4, 0.5) is 0 Å². The minimum absolute atomic E-state index is 0.591. The van der Waals surface area contributed by atoms with E-state index in [4.69, 9.17) is 4.74 Å². The Morgan fingerprint density at radius 2 is 2.06 bits per heavy atom. The molecule has 1 heterocycles. The summed E-state index contributed by atoms with van der Waals surface area (Å²) in [6, 6.07) is 10.1. The van der Waals surface area contributed by atoms with Crippen LogP contribution in [0.25, 0.3) is 5.69 Å². The van der Waals surface area contributed by atoms with Crippen LogP contribution in [0, 0.1) is 13.8 Å². The molecule has 18 heavy (non-hydrogen) atoms. The molecule has 0 spiro atoms. The maximum atomic E-state index is 11.0. The van der Waals surface area contributed by atoms with Gasteiger partial charge in [0.05, 0.1) is 6.61 Å². The van der Waals surface area contributed by atoms with Crippen molar-refractivity contribution in [3.8, 4) is 5.69 Å². The minimum Gasteiger partial charge on any atom is -0.380 e. The van der Waals surface area contributed by atoms with Crippen molar-refractivity contribution in [2.45, 2.75) is 20.5 Å². The minimum atomic E-state index is 0.591. The second kappa shape index (κ2) is 5.19. The highest BCUT2D eigenvalue weighted by Crippen LogP contribution is 2.20. The molecule has 0 bridgehead atoms. The van der Waals surface area contributed by atoms with Gasteiger partial charge in [0, 0.05) is 29.7 Å². The van der Waals surface area contributed by atoms with Gasteiger partial charge in [-0.15, -0.1) is 0 Å². The van der Waals surface area contributed by atoms with Crippen molar-refractivity contribution in [3.63, 3.8) is 0 Å². The molecule has 0 unspecified atom stereocenters. The number of benzene rings is 1. The summed E-state index contributed by atoms with van der Waals surface area (Å²) in [6.45, 7) is 4.55. The fourth-order valence-corrected chi connectivity index (χ4v) is 2.26. The van der Waals surface area contributed by atoms with E-state index in [1.165, 1.54) is 0 Å². The Kier molecular flexibility index (Phi) is 3.63. The molecular weight excluding hydrogens is 226 g/mol. The largest absolute Gasteiger partial charge is 0.380 e. The fourth-order valence-electron chi connectivity index (χ4n) is 2.26. The fraction of sp³-hybridized carbons (Fsp3) is 0.267. The first-order valence-corrected chi connectivity index (χ1v) is 5.89. The van der Waals surface area contributed by atoms with Crippen molar-refractivity contribution < 1.29 is 9.53 Å². The standard InChI is InChI=1S/C15H17NO2/c1-11-7-14(9-17)12(2)16(11)15-6-4-5-13(8-15)10-18-3/h4-9H,10H2,1-3H3. The molecular formula is C15H17NO2. The first-order chi connectivity index (χ1) is 8.67. The highest BCUT2D eigenvalue weighted by molar-refractivity contribution is 5.77. The van der Waals surface area contributed by atoms with Crippen LogP contribution < -0.4 is 0 Å². The Bertz CT molecular complexity index is 570. The topological polar surface area (TPSA) is 31.2 Å². The van der Waals surface area contributed by atoms with Gasteiger partial charge in [0.1, 0.15) is 0 Å². The highest BCUT2D eigenvalue weighted by atomic mass is 16.5. The predicted octanol–water partition coefficient (Wildman–Crippen LogP) is 3.05. The molecule has 3 heteroatoms. The second-order valence-electron chi connectivity index (χ2n) is 4.38. The number of hydrogen-bond acceptors (Lipinski definition) is 2. The summed E-state index contributed by atoms with van der Waals surface area (Å²) in [5, 5.41) is 0. The van der Waals surface area contributed by atoms with Gasteiger partial charge in [-0.2, -0.15) is 0 Å². The predicted molar refractivity (Wildman–Crippen MR) is 71.3 cm³/mol. The van der Waals surface area contributed by atoms with E-state index in [0.29, 0.717) is 6.61 Å². The van der Waals surface area contributed by atoms with Crippen LogP contribution in [-0.2, 0) is 11.3 Å². The molecule has 0 saturated heterocycles. The molecule has 94 valence electrons. The van der Waals surface area contributed by atoms with Gasteiger partial charge in [-0.05, 0) is 37.6 Å². The van der Waals surface area contributed by atoms with E-state index in [1.807, 2.05) is 38.1 Å². The van der Waals surface area contributed by atoms with Crippen molar-refractivity contribution in [1.82, 2.24) is 4.57 Å². The number of carbonyl (C=O) groups is 1. The summed E-state index contributed by atoms with van der Waals surface area (Å²) in [5.41, 5.74) is 4.95. The molecule has 0 radical (unpaired) electrons. The molecule has 0 N–H and O–H groups in total. The van der Waals surface area contributed by atoms with Crippen molar-refractivity contribution in [2.24, 2.45) is 0 Å². The summed E-state index contributed by atoms with van der Waals surface area (Å²) < 4.78 is 7.23. The van der Waals surface area contributed by atoms with Crippen molar-refractivity contribution in [1.29, 1.82) is 0 Å². The molecule has 0 saturated carbocycles. The van der Waals surface area contributed by atoms with Crippen molar-refractivity contribution in [2.75, 3.05) is 7.11 Å².